The molecule has 8 nitrogen and oxygen atoms in total. The lowest BCUT2D eigenvalue weighted by Crippen LogP contribution is -2.46. The second kappa shape index (κ2) is 11.0. The highest BCUT2D eigenvalue weighted by molar-refractivity contribution is 14.1. The van der Waals surface area contributed by atoms with Gasteiger partial charge in [0, 0.05) is 0 Å². The zero-order chi connectivity index (χ0) is 20.6. The molecule has 1 unspecified atom stereocenters. The minimum absolute atomic E-state index is 0.293. The van der Waals surface area contributed by atoms with Gasteiger partial charge in [0.25, 0.3) is 0 Å². The number of halogens is 1. The first-order chi connectivity index (χ1) is 12.7. The molecule has 9 heteroatoms. The summed E-state index contributed by atoms with van der Waals surface area (Å²) in [4.78, 5) is 36.4. The first-order valence-electron chi connectivity index (χ1n) is 8.42. The number of amides is 2. The zero-order valence-electron chi connectivity index (χ0n) is 16.0. The molecule has 0 heterocycles. The molecule has 0 aliphatic carbocycles. The van der Waals surface area contributed by atoms with Gasteiger partial charge in [0.2, 0.25) is 5.91 Å². The van der Waals surface area contributed by atoms with Crippen LogP contribution in [0.25, 0.3) is 0 Å². The van der Waals surface area contributed by atoms with E-state index in [9.17, 15) is 14.4 Å². The normalized spacial score (nSPS) is 13.7. The Morgan fingerprint density at radius 2 is 1.81 bits per heavy atom. The zero-order valence-corrected chi connectivity index (χ0v) is 18.2. The van der Waals surface area contributed by atoms with Crippen LogP contribution in [-0.4, -0.2) is 44.3 Å². The highest BCUT2D eigenvalue weighted by atomic mass is 127. The Labute approximate surface area is 172 Å². The standard InChI is InChI=1S/C18H25IN2O6/c1-6-10(2)27-18(24)21-15(16(22)20-11(3)17(23)26-5)12-7-8-14(25-4)13(19)9-12/h7-11,15H,6H2,1-5H3,(H,20,22)(H,21,24)/t10?,11-,15-/m0/s1. The average molecular weight is 492 g/mol. The lowest BCUT2D eigenvalue weighted by molar-refractivity contribution is -0.144. The van der Waals surface area contributed by atoms with Gasteiger partial charge in [-0.3, -0.25) is 4.79 Å². The second-order valence-electron chi connectivity index (χ2n) is 5.85. The van der Waals surface area contributed by atoms with Crippen LogP contribution in [0.2, 0.25) is 0 Å². The van der Waals surface area contributed by atoms with E-state index >= 15 is 0 Å². The molecule has 0 radical (unpaired) electrons. The topological polar surface area (TPSA) is 103 Å². The predicted molar refractivity (Wildman–Crippen MR) is 107 cm³/mol. The Balaban J connectivity index is 3.08. The molecule has 3 atom stereocenters. The summed E-state index contributed by atoms with van der Waals surface area (Å²) in [6.07, 6.45) is -0.371. The van der Waals surface area contributed by atoms with E-state index in [1.54, 1.807) is 32.2 Å². The summed E-state index contributed by atoms with van der Waals surface area (Å²) in [5.74, 6) is -0.507. The molecule has 1 aromatic carbocycles. The fourth-order valence-electron chi connectivity index (χ4n) is 2.11. The lowest BCUT2D eigenvalue weighted by Gasteiger charge is -2.22. The molecule has 1 rings (SSSR count). The number of alkyl carbamates (subject to hydrolysis) is 1. The van der Waals surface area contributed by atoms with Crippen LogP contribution in [-0.2, 0) is 19.1 Å². The minimum atomic E-state index is -1.05. The Bertz CT molecular complexity index is 682. The van der Waals surface area contributed by atoms with Crippen LogP contribution in [0.4, 0.5) is 4.79 Å². The number of methoxy groups -OCH3 is 2. The molecule has 0 spiro atoms. The van der Waals surface area contributed by atoms with Gasteiger partial charge in [0.1, 0.15) is 23.9 Å². The average Bonchev–Trinajstić information content (AvgIpc) is 2.64. The van der Waals surface area contributed by atoms with Crippen molar-refractivity contribution in [2.24, 2.45) is 0 Å². The molecular formula is C18H25IN2O6. The van der Waals surface area contributed by atoms with Crippen LogP contribution in [0, 0.1) is 3.57 Å². The fraction of sp³-hybridized carbons (Fsp3) is 0.500. The summed E-state index contributed by atoms with van der Waals surface area (Å²) in [6.45, 7) is 5.13. The largest absolute Gasteiger partial charge is 0.496 e. The van der Waals surface area contributed by atoms with Gasteiger partial charge in [-0.25, -0.2) is 9.59 Å². The van der Waals surface area contributed by atoms with Crippen molar-refractivity contribution in [3.63, 3.8) is 0 Å². The molecule has 0 saturated carbocycles. The molecule has 150 valence electrons. The van der Waals surface area contributed by atoms with Crippen molar-refractivity contribution < 1.29 is 28.6 Å². The molecular weight excluding hydrogens is 467 g/mol. The number of carbonyl (C=O) groups is 3. The summed E-state index contributed by atoms with van der Waals surface area (Å²) in [6, 6.07) is 3.17. The van der Waals surface area contributed by atoms with Crippen molar-refractivity contribution >= 4 is 40.6 Å². The third kappa shape index (κ3) is 6.89. The van der Waals surface area contributed by atoms with E-state index in [1.165, 1.54) is 14.0 Å². The molecule has 0 aliphatic heterocycles. The molecule has 0 bridgehead atoms. The van der Waals surface area contributed by atoms with Gasteiger partial charge in [0.15, 0.2) is 0 Å². The fourth-order valence-corrected chi connectivity index (χ4v) is 2.87. The van der Waals surface area contributed by atoms with Gasteiger partial charge < -0.3 is 24.8 Å². The summed E-state index contributed by atoms with van der Waals surface area (Å²) in [5, 5.41) is 5.09. The van der Waals surface area contributed by atoms with Crippen molar-refractivity contribution in [3.05, 3.63) is 27.3 Å². The van der Waals surface area contributed by atoms with E-state index in [0.717, 1.165) is 3.57 Å². The SMILES string of the molecule is CCC(C)OC(=O)N[C@H](C(=O)N[C@@H](C)C(=O)OC)c1ccc(OC)c(I)c1. The molecule has 27 heavy (non-hydrogen) atoms. The number of carbonyl (C=O) groups excluding carboxylic acids is 3. The van der Waals surface area contributed by atoms with Gasteiger partial charge in [-0.2, -0.15) is 0 Å². The Kier molecular flexibility index (Phi) is 9.33. The quantitative estimate of drug-likeness (QED) is 0.427. The van der Waals surface area contributed by atoms with E-state index in [-0.39, 0.29) is 6.10 Å². The van der Waals surface area contributed by atoms with E-state index in [0.29, 0.717) is 17.7 Å². The van der Waals surface area contributed by atoms with E-state index in [2.05, 4.69) is 38.0 Å². The molecule has 0 aliphatic rings. The number of rotatable bonds is 8. The first-order valence-corrected chi connectivity index (χ1v) is 9.50. The first kappa shape index (κ1) is 23.0. The van der Waals surface area contributed by atoms with E-state index in [1.807, 2.05) is 6.92 Å². The van der Waals surface area contributed by atoms with Gasteiger partial charge in [0.05, 0.1) is 17.8 Å². The summed E-state index contributed by atoms with van der Waals surface area (Å²) in [5.41, 5.74) is 0.524. The summed E-state index contributed by atoms with van der Waals surface area (Å²) in [7, 11) is 2.78. The lowest BCUT2D eigenvalue weighted by atomic mass is 10.1. The number of esters is 1. The number of ether oxygens (including phenoxy) is 3. The highest BCUT2D eigenvalue weighted by Gasteiger charge is 2.27. The third-order valence-corrected chi connectivity index (χ3v) is 4.67. The van der Waals surface area contributed by atoms with Crippen molar-refractivity contribution in [1.82, 2.24) is 10.6 Å². The molecule has 1 aromatic rings. The molecule has 2 N–H and O–H groups in total. The van der Waals surface area contributed by atoms with Crippen LogP contribution >= 0.6 is 22.6 Å². The Morgan fingerprint density at radius 1 is 1.15 bits per heavy atom. The minimum Gasteiger partial charge on any atom is -0.496 e. The molecule has 0 aromatic heterocycles. The number of hydrogen-bond acceptors (Lipinski definition) is 6. The van der Waals surface area contributed by atoms with Crippen molar-refractivity contribution in [3.8, 4) is 5.75 Å². The number of nitrogens with one attached hydrogen (secondary N) is 2. The molecule has 0 fully saturated rings. The van der Waals surface area contributed by atoms with Crippen LogP contribution in [0.1, 0.15) is 38.8 Å². The smallest absolute Gasteiger partial charge is 0.408 e. The third-order valence-electron chi connectivity index (χ3n) is 3.83. The maximum atomic E-state index is 12.7. The number of benzene rings is 1. The highest BCUT2D eigenvalue weighted by Crippen LogP contribution is 2.25. The van der Waals surface area contributed by atoms with E-state index < -0.39 is 30.1 Å². The second-order valence-corrected chi connectivity index (χ2v) is 7.01. The Hall–Kier alpha value is -2.04. The van der Waals surface area contributed by atoms with Crippen molar-refractivity contribution in [2.75, 3.05) is 14.2 Å². The molecule has 0 saturated heterocycles. The summed E-state index contributed by atoms with van der Waals surface area (Å²) >= 11 is 2.07. The van der Waals surface area contributed by atoms with Gasteiger partial charge in [-0.1, -0.05) is 13.0 Å². The predicted octanol–water partition coefficient (Wildman–Crippen LogP) is 2.54. The summed E-state index contributed by atoms with van der Waals surface area (Å²) < 4.78 is 15.8. The van der Waals surface area contributed by atoms with Crippen molar-refractivity contribution in [1.29, 1.82) is 0 Å². The van der Waals surface area contributed by atoms with Gasteiger partial charge in [-0.05, 0) is 60.6 Å². The van der Waals surface area contributed by atoms with Crippen LogP contribution < -0.4 is 15.4 Å². The van der Waals surface area contributed by atoms with Crippen LogP contribution in [0.3, 0.4) is 0 Å². The maximum Gasteiger partial charge on any atom is 0.408 e. The Morgan fingerprint density at radius 3 is 2.33 bits per heavy atom. The van der Waals surface area contributed by atoms with E-state index in [4.69, 9.17) is 9.47 Å². The van der Waals surface area contributed by atoms with Crippen LogP contribution in [0.15, 0.2) is 18.2 Å². The molecule has 2 amide bonds. The van der Waals surface area contributed by atoms with Gasteiger partial charge in [-0.15, -0.1) is 0 Å². The van der Waals surface area contributed by atoms with Crippen LogP contribution in [0.5, 0.6) is 5.75 Å². The monoisotopic (exact) mass is 492 g/mol. The number of hydrogen-bond donors (Lipinski definition) is 2. The maximum absolute atomic E-state index is 12.7. The van der Waals surface area contributed by atoms with Crippen molar-refractivity contribution in [2.45, 2.75) is 45.4 Å². The van der Waals surface area contributed by atoms with Gasteiger partial charge >= 0.3 is 12.1 Å².